The maximum Gasteiger partial charge on any atom is 0.387 e. The summed E-state index contributed by atoms with van der Waals surface area (Å²) in [5.74, 6) is -0.109. The van der Waals surface area contributed by atoms with Crippen molar-refractivity contribution in [2.75, 3.05) is 0 Å². The van der Waals surface area contributed by atoms with Gasteiger partial charge in [0.1, 0.15) is 10.8 Å². The van der Waals surface area contributed by atoms with Gasteiger partial charge < -0.3 is 4.74 Å². The highest BCUT2D eigenvalue weighted by Crippen LogP contribution is 2.35. The molecule has 0 saturated carbocycles. The molecule has 0 fully saturated rings. The molecule has 1 rings (SSSR count). The molecule has 0 saturated heterocycles. The monoisotopic (exact) mass is 338 g/mol. The third-order valence-electron chi connectivity index (χ3n) is 1.22. The van der Waals surface area contributed by atoms with Crippen LogP contribution in [0.25, 0.3) is 0 Å². The molecule has 0 unspecified atom stereocenters. The van der Waals surface area contributed by atoms with Gasteiger partial charge in [-0.15, -0.1) is 0 Å². The van der Waals surface area contributed by atoms with Crippen molar-refractivity contribution in [3.05, 3.63) is 25.7 Å². The topological polar surface area (TPSA) is 9.23 Å². The molecule has 0 amide bonds. The Morgan fingerprint density at radius 1 is 1.23 bits per heavy atom. The fourth-order valence-corrected chi connectivity index (χ4v) is 1.67. The molecule has 13 heavy (non-hydrogen) atoms. The molecule has 0 N–H and O–H groups in total. The zero-order valence-electron chi connectivity index (χ0n) is 6.03. The first-order chi connectivity index (χ1) is 6.02. The normalized spacial score (nSPS) is 10.6. The minimum atomic E-state index is -2.89. The van der Waals surface area contributed by atoms with Gasteiger partial charge in [0, 0.05) is 3.57 Å². The number of hydrogen-bond acceptors (Lipinski definition) is 1. The van der Waals surface area contributed by atoms with Crippen LogP contribution < -0.4 is 4.74 Å². The van der Waals surface area contributed by atoms with E-state index in [-0.39, 0.29) is 15.8 Å². The Hall–Kier alpha value is 0.190. The molecular formula is C7H3Cl2F2IO. The van der Waals surface area contributed by atoms with Crippen LogP contribution in [0.4, 0.5) is 8.78 Å². The van der Waals surface area contributed by atoms with Crippen LogP contribution in [0.1, 0.15) is 0 Å². The molecule has 0 spiro atoms. The molecule has 0 atom stereocenters. The molecule has 72 valence electrons. The van der Waals surface area contributed by atoms with Crippen molar-refractivity contribution in [1.29, 1.82) is 0 Å². The van der Waals surface area contributed by atoms with Crippen molar-refractivity contribution in [3.63, 3.8) is 0 Å². The average Bonchev–Trinajstić information content (AvgIpc) is 2.06. The minimum absolute atomic E-state index is 0.00821. The van der Waals surface area contributed by atoms with Crippen LogP contribution in [0.3, 0.4) is 0 Å². The van der Waals surface area contributed by atoms with E-state index in [0.717, 1.165) is 0 Å². The average molecular weight is 339 g/mol. The lowest BCUT2D eigenvalue weighted by Crippen LogP contribution is -2.02. The predicted molar refractivity (Wildman–Crippen MR) is 55.8 cm³/mol. The lowest BCUT2D eigenvalue weighted by molar-refractivity contribution is -0.0497. The van der Waals surface area contributed by atoms with E-state index in [4.69, 9.17) is 23.2 Å². The predicted octanol–water partition coefficient (Wildman–Crippen LogP) is 4.20. The summed E-state index contributed by atoms with van der Waals surface area (Å²) in [7, 11) is 0. The Kier molecular flexibility index (Phi) is 4.00. The molecule has 1 nitrogen and oxygen atoms in total. The maximum absolute atomic E-state index is 11.8. The first-order valence-corrected chi connectivity index (χ1v) is 4.94. The maximum atomic E-state index is 11.8. The number of rotatable bonds is 2. The molecule has 0 bridgehead atoms. The number of ether oxygens (including phenoxy) is 1. The molecule has 0 heterocycles. The fourth-order valence-electron chi connectivity index (χ4n) is 0.695. The lowest BCUT2D eigenvalue weighted by atomic mass is 10.3. The summed E-state index contributed by atoms with van der Waals surface area (Å²) in [6.45, 7) is -2.89. The van der Waals surface area contributed by atoms with Gasteiger partial charge in [0.05, 0.1) is 5.02 Å². The SMILES string of the molecule is FC(F)Oc1ccc(I)c(Cl)c1Cl. The van der Waals surface area contributed by atoms with Gasteiger partial charge in [0.15, 0.2) is 0 Å². The van der Waals surface area contributed by atoms with Gasteiger partial charge >= 0.3 is 6.61 Å². The van der Waals surface area contributed by atoms with E-state index in [1.165, 1.54) is 6.07 Å². The second kappa shape index (κ2) is 4.61. The van der Waals surface area contributed by atoms with Crippen LogP contribution in [-0.2, 0) is 0 Å². The zero-order chi connectivity index (χ0) is 10.0. The highest BCUT2D eigenvalue weighted by atomic mass is 127. The number of alkyl halides is 2. The summed E-state index contributed by atoms with van der Waals surface area (Å²) in [5.41, 5.74) is 0. The lowest BCUT2D eigenvalue weighted by Gasteiger charge is -2.07. The molecule has 1 aromatic rings. The quantitative estimate of drug-likeness (QED) is 0.580. The smallest absolute Gasteiger partial charge is 0.387 e. The number of benzene rings is 1. The first-order valence-electron chi connectivity index (χ1n) is 3.10. The second-order valence-corrected chi connectivity index (χ2v) is 3.97. The highest BCUT2D eigenvalue weighted by molar-refractivity contribution is 14.1. The van der Waals surface area contributed by atoms with Gasteiger partial charge in [-0.25, -0.2) is 0 Å². The Balaban J connectivity index is 3.04. The standard InChI is InChI=1S/C7H3Cl2F2IO/c8-5-3(12)1-2-4(6(5)9)13-7(10)11/h1-2,7H. The van der Waals surface area contributed by atoms with Crippen LogP contribution in [0.2, 0.25) is 10.0 Å². The molecule has 0 aliphatic rings. The summed E-state index contributed by atoms with van der Waals surface area (Å²) >= 11 is 13.3. The van der Waals surface area contributed by atoms with Gasteiger partial charge in [-0.05, 0) is 34.7 Å². The minimum Gasteiger partial charge on any atom is -0.433 e. The Morgan fingerprint density at radius 2 is 1.85 bits per heavy atom. The zero-order valence-corrected chi connectivity index (χ0v) is 9.70. The van der Waals surface area contributed by atoms with E-state index in [1.54, 1.807) is 6.07 Å². The van der Waals surface area contributed by atoms with Crippen LogP contribution in [0.15, 0.2) is 12.1 Å². The van der Waals surface area contributed by atoms with E-state index in [1.807, 2.05) is 22.6 Å². The van der Waals surface area contributed by atoms with E-state index < -0.39 is 6.61 Å². The summed E-state index contributed by atoms with van der Waals surface area (Å²) in [4.78, 5) is 0. The summed E-state index contributed by atoms with van der Waals surface area (Å²) < 4.78 is 28.4. The summed E-state index contributed by atoms with van der Waals surface area (Å²) in [6, 6.07) is 2.90. The molecule has 0 aliphatic heterocycles. The van der Waals surface area contributed by atoms with E-state index >= 15 is 0 Å². The van der Waals surface area contributed by atoms with Gasteiger partial charge in [-0.3, -0.25) is 0 Å². The van der Waals surface area contributed by atoms with Crippen LogP contribution >= 0.6 is 45.8 Å². The third kappa shape index (κ3) is 2.82. The summed E-state index contributed by atoms with van der Waals surface area (Å²) in [5, 5.41) is 0.231. The first kappa shape index (κ1) is 11.3. The van der Waals surface area contributed by atoms with Crippen LogP contribution in [0, 0.1) is 3.57 Å². The number of halogens is 5. The highest BCUT2D eigenvalue weighted by Gasteiger charge is 2.12. The van der Waals surface area contributed by atoms with E-state index in [0.29, 0.717) is 3.57 Å². The van der Waals surface area contributed by atoms with Crippen LogP contribution in [-0.4, -0.2) is 6.61 Å². The molecule has 6 heteroatoms. The Morgan fingerprint density at radius 3 is 2.38 bits per heavy atom. The Labute approximate surface area is 97.1 Å². The Bertz CT molecular complexity index is 320. The van der Waals surface area contributed by atoms with Crippen LogP contribution in [0.5, 0.6) is 5.75 Å². The largest absolute Gasteiger partial charge is 0.433 e. The van der Waals surface area contributed by atoms with Crippen molar-refractivity contribution < 1.29 is 13.5 Å². The fraction of sp³-hybridized carbons (Fsp3) is 0.143. The number of hydrogen-bond donors (Lipinski definition) is 0. The van der Waals surface area contributed by atoms with Gasteiger partial charge in [-0.2, -0.15) is 8.78 Å². The van der Waals surface area contributed by atoms with E-state index in [9.17, 15) is 8.78 Å². The van der Waals surface area contributed by atoms with Crippen molar-refractivity contribution >= 4 is 45.8 Å². The van der Waals surface area contributed by atoms with Gasteiger partial charge in [0.25, 0.3) is 0 Å². The summed E-state index contributed by atoms with van der Waals surface area (Å²) in [6.07, 6.45) is 0. The van der Waals surface area contributed by atoms with Crippen molar-refractivity contribution in [3.8, 4) is 5.75 Å². The molecule has 0 aromatic heterocycles. The van der Waals surface area contributed by atoms with Crippen molar-refractivity contribution in [2.45, 2.75) is 6.61 Å². The second-order valence-electron chi connectivity index (χ2n) is 2.05. The molecule has 1 aromatic carbocycles. The van der Waals surface area contributed by atoms with Crippen molar-refractivity contribution in [1.82, 2.24) is 0 Å². The van der Waals surface area contributed by atoms with E-state index in [2.05, 4.69) is 4.74 Å². The van der Waals surface area contributed by atoms with Gasteiger partial charge in [0.2, 0.25) is 0 Å². The molecule has 0 aliphatic carbocycles. The molecule has 0 radical (unpaired) electrons. The van der Waals surface area contributed by atoms with Crippen molar-refractivity contribution in [2.24, 2.45) is 0 Å². The third-order valence-corrected chi connectivity index (χ3v) is 3.30. The van der Waals surface area contributed by atoms with Gasteiger partial charge in [-0.1, -0.05) is 23.2 Å². The molecular weight excluding hydrogens is 336 g/mol.